The molecule has 0 saturated carbocycles. The van der Waals surface area contributed by atoms with Gasteiger partial charge in [0.25, 0.3) is 5.91 Å². The largest absolute Gasteiger partial charge is 0.455 e. The monoisotopic (exact) mass is 351 g/mol. The van der Waals surface area contributed by atoms with Crippen molar-refractivity contribution in [1.82, 2.24) is 5.32 Å². The third-order valence-electron chi connectivity index (χ3n) is 4.22. The van der Waals surface area contributed by atoms with Crippen molar-refractivity contribution in [1.29, 1.82) is 0 Å². The van der Waals surface area contributed by atoms with Crippen LogP contribution in [0.4, 0.5) is 0 Å². The predicted molar refractivity (Wildman–Crippen MR) is 101 cm³/mol. The van der Waals surface area contributed by atoms with Crippen LogP contribution in [0.2, 0.25) is 0 Å². The molecular weight excluding hydrogens is 330 g/mol. The van der Waals surface area contributed by atoms with Gasteiger partial charge in [-0.1, -0.05) is 36.4 Å². The summed E-state index contributed by atoms with van der Waals surface area (Å²) < 4.78 is 11.1. The smallest absolute Gasteiger partial charge is 0.255 e. The van der Waals surface area contributed by atoms with Gasteiger partial charge in [0.1, 0.15) is 5.76 Å². The van der Waals surface area contributed by atoms with Gasteiger partial charge in [0, 0.05) is 24.3 Å². The number of benzene rings is 2. The molecule has 0 fully saturated rings. The Hall–Kier alpha value is -2.92. The summed E-state index contributed by atoms with van der Waals surface area (Å²) in [7, 11) is 1.58. The van der Waals surface area contributed by atoms with Crippen molar-refractivity contribution < 1.29 is 13.9 Å². The van der Waals surface area contributed by atoms with E-state index in [0.29, 0.717) is 34.5 Å². The fraction of sp³-hybridized carbons (Fsp3) is 0.238. The summed E-state index contributed by atoms with van der Waals surface area (Å²) in [5, 5.41) is 3.25. The topological polar surface area (TPSA) is 68.5 Å². The third kappa shape index (κ3) is 3.39. The SMILES string of the molecule is COCC(C)NC(=O)c1cccc2c(=O)c(C)c(-c3ccccc3)oc12. The second-order valence-electron chi connectivity index (χ2n) is 6.26. The van der Waals surface area contributed by atoms with Crippen molar-refractivity contribution in [2.24, 2.45) is 0 Å². The molecule has 0 aliphatic rings. The molecule has 1 N–H and O–H groups in total. The number of nitrogens with one attached hydrogen (secondary N) is 1. The highest BCUT2D eigenvalue weighted by Gasteiger charge is 2.19. The van der Waals surface area contributed by atoms with E-state index in [1.807, 2.05) is 37.3 Å². The molecule has 1 aromatic heterocycles. The van der Waals surface area contributed by atoms with E-state index in [9.17, 15) is 9.59 Å². The van der Waals surface area contributed by atoms with Crippen molar-refractivity contribution in [2.75, 3.05) is 13.7 Å². The average Bonchev–Trinajstić information content (AvgIpc) is 2.65. The molecule has 1 amide bonds. The number of rotatable bonds is 5. The Kier molecular flexibility index (Phi) is 5.19. The van der Waals surface area contributed by atoms with Gasteiger partial charge in [-0.2, -0.15) is 0 Å². The van der Waals surface area contributed by atoms with Crippen LogP contribution in [-0.4, -0.2) is 25.7 Å². The van der Waals surface area contributed by atoms with Crippen LogP contribution in [0.5, 0.6) is 0 Å². The molecule has 5 heteroatoms. The first-order chi connectivity index (χ1) is 12.5. The standard InChI is InChI=1S/C21H21NO4/c1-13(12-25-3)22-21(24)17-11-7-10-16-18(23)14(2)19(26-20(16)17)15-8-5-4-6-9-15/h4-11,13H,12H2,1-3H3,(H,22,24). The minimum atomic E-state index is -0.300. The summed E-state index contributed by atoms with van der Waals surface area (Å²) in [5.41, 5.74) is 1.81. The summed E-state index contributed by atoms with van der Waals surface area (Å²) in [6, 6.07) is 14.3. The molecule has 0 bridgehead atoms. The number of para-hydroxylation sites is 1. The minimum absolute atomic E-state index is 0.135. The Labute approximate surface area is 151 Å². The second kappa shape index (κ2) is 7.54. The Balaban J connectivity index is 2.16. The summed E-state index contributed by atoms with van der Waals surface area (Å²) in [6.45, 7) is 3.98. The van der Waals surface area contributed by atoms with Gasteiger partial charge in [-0.15, -0.1) is 0 Å². The highest BCUT2D eigenvalue weighted by atomic mass is 16.5. The lowest BCUT2D eigenvalue weighted by Gasteiger charge is -2.14. The van der Waals surface area contributed by atoms with Crippen LogP contribution in [0.1, 0.15) is 22.8 Å². The maximum Gasteiger partial charge on any atom is 0.255 e. The van der Waals surface area contributed by atoms with Crippen molar-refractivity contribution in [2.45, 2.75) is 19.9 Å². The summed E-state index contributed by atoms with van der Waals surface area (Å²) in [6.07, 6.45) is 0. The van der Waals surface area contributed by atoms with E-state index in [2.05, 4.69) is 5.32 Å². The molecule has 3 aromatic rings. The van der Waals surface area contributed by atoms with Crippen LogP contribution in [0, 0.1) is 6.92 Å². The van der Waals surface area contributed by atoms with Gasteiger partial charge < -0.3 is 14.5 Å². The van der Waals surface area contributed by atoms with Crippen LogP contribution >= 0.6 is 0 Å². The molecule has 0 radical (unpaired) electrons. The highest BCUT2D eigenvalue weighted by molar-refractivity contribution is 6.05. The summed E-state index contributed by atoms with van der Waals surface area (Å²) in [5.74, 6) is 0.180. The maximum absolute atomic E-state index is 12.8. The molecule has 2 aromatic carbocycles. The summed E-state index contributed by atoms with van der Waals surface area (Å²) in [4.78, 5) is 25.5. The van der Waals surface area contributed by atoms with Crippen molar-refractivity contribution >= 4 is 16.9 Å². The number of ether oxygens (including phenoxy) is 1. The molecule has 0 spiro atoms. The predicted octanol–water partition coefficient (Wildman–Crippen LogP) is 3.53. The van der Waals surface area contributed by atoms with Gasteiger partial charge in [0.2, 0.25) is 0 Å². The molecule has 5 nitrogen and oxygen atoms in total. The lowest BCUT2D eigenvalue weighted by atomic mass is 10.0. The molecule has 0 saturated heterocycles. The van der Waals surface area contributed by atoms with E-state index in [-0.39, 0.29) is 17.4 Å². The molecule has 1 unspecified atom stereocenters. The summed E-state index contributed by atoms with van der Waals surface area (Å²) >= 11 is 0. The van der Waals surface area contributed by atoms with E-state index in [1.54, 1.807) is 32.2 Å². The molecule has 0 aliphatic carbocycles. The number of hydrogen-bond donors (Lipinski definition) is 1. The van der Waals surface area contributed by atoms with Crippen LogP contribution in [-0.2, 0) is 4.74 Å². The Morgan fingerprint density at radius 3 is 2.58 bits per heavy atom. The van der Waals surface area contributed by atoms with E-state index in [1.165, 1.54) is 0 Å². The molecule has 26 heavy (non-hydrogen) atoms. The van der Waals surface area contributed by atoms with Gasteiger partial charge in [-0.3, -0.25) is 9.59 Å². The first-order valence-electron chi connectivity index (χ1n) is 8.44. The molecule has 1 heterocycles. The van der Waals surface area contributed by atoms with E-state index < -0.39 is 0 Å². The number of carbonyl (C=O) groups excluding carboxylic acids is 1. The van der Waals surface area contributed by atoms with Crippen molar-refractivity contribution in [3.8, 4) is 11.3 Å². The molecular formula is C21H21NO4. The van der Waals surface area contributed by atoms with Crippen LogP contribution in [0.3, 0.4) is 0 Å². The van der Waals surface area contributed by atoms with Gasteiger partial charge in [-0.25, -0.2) is 0 Å². The van der Waals surface area contributed by atoms with Gasteiger partial charge in [-0.05, 0) is 26.0 Å². The number of hydrogen-bond acceptors (Lipinski definition) is 4. The van der Waals surface area contributed by atoms with E-state index >= 15 is 0 Å². The Bertz CT molecular complexity index is 992. The van der Waals surface area contributed by atoms with Gasteiger partial charge in [0.05, 0.1) is 17.6 Å². The molecule has 3 rings (SSSR count). The minimum Gasteiger partial charge on any atom is -0.455 e. The van der Waals surface area contributed by atoms with E-state index in [4.69, 9.17) is 9.15 Å². The molecule has 134 valence electrons. The maximum atomic E-state index is 12.8. The van der Waals surface area contributed by atoms with Gasteiger partial charge in [0.15, 0.2) is 11.0 Å². The number of methoxy groups -OCH3 is 1. The first kappa shape index (κ1) is 17.9. The molecule has 0 aliphatic heterocycles. The molecule has 1 atom stereocenters. The lowest BCUT2D eigenvalue weighted by Crippen LogP contribution is -2.35. The highest BCUT2D eigenvalue weighted by Crippen LogP contribution is 2.27. The number of carbonyl (C=O) groups is 1. The lowest BCUT2D eigenvalue weighted by molar-refractivity contribution is 0.0906. The Morgan fingerprint density at radius 1 is 1.15 bits per heavy atom. The third-order valence-corrected chi connectivity index (χ3v) is 4.22. The van der Waals surface area contributed by atoms with Crippen LogP contribution in [0.15, 0.2) is 57.7 Å². The van der Waals surface area contributed by atoms with E-state index in [0.717, 1.165) is 5.56 Å². The zero-order valence-electron chi connectivity index (χ0n) is 15.0. The van der Waals surface area contributed by atoms with Crippen molar-refractivity contribution in [3.05, 3.63) is 69.9 Å². The van der Waals surface area contributed by atoms with Crippen molar-refractivity contribution in [3.63, 3.8) is 0 Å². The van der Waals surface area contributed by atoms with Crippen LogP contribution < -0.4 is 10.7 Å². The fourth-order valence-corrected chi connectivity index (χ4v) is 2.95. The first-order valence-corrected chi connectivity index (χ1v) is 8.44. The number of amides is 1. The zero-order chi connectivity index (χ0) is 18.7. The normalized spacial score (nSPS) is 12.1. The fourth-order valence-electron chi connectivity index (χ4n) is 2.95. The van der Waals surface area contributed by atoms with Crippen LogP contribution in [0.25, 0.3) is 22.3 Å². The Morgan fingerprint density at radius 2 is 1.88 bits per heavy atom. The quantitative estimate of drug-likeness (QED) is 0.763. The zero-order valence-corrected chi connectivity index (χ0v) is 15.0. The average molecular weight is 351 g/mol. The second-order valence-corrected chi connectivity index (χ2v) is 6.26. The number of fused-ring (bicyclic) bond motifs is 1. The van der Waals surface area contributed by atoms with Gasteiger partial charge >= 0.3 is 0 Å².